The van der Waals surface area contributed by atoms with Crippen LogP contribution in [0.3, 0.4) is 0 Å². The van der Waals surface area contributed by atoms with Gasteiger partial charge in [0.05, 0.1) is 20.3 Å². The van der Waals surface area contributed by atoms with Crippen molar-refractivity contribution < 1.29 is 9.47 Å². The van der Waals surface area contributed by atoms with Crippen LogP contribution >= 0.6 is 0 Å². The molecule has 1 aromatic carbocycles. The van der Waals surface area contributed by atoms with Gasteiger partial charge in [-0.2, -0.15) is 15.0 Å². The molecule has 9 nitrogen and oxygen atoms in total. The predicted octanol–water partition coefficient (Wildman–Crippen LogP) is 2.11. The van der Waals surface area contributed by atoms with Crippen molar-refractivity contribution in [3.8, 4) is 17.1 Å². The molecular formula is C23H27N7O2. The van der Waals surface area contributed by atoms with E-state index < -0.39 is 0 Å². The molecule has 3 aromatic rings. The average Bonchev–Trinajstić information content (AvgIpc) is 2.89. The van der Waals surface area contributed by atoms with Crippen LogP contribution in [0.5, 0.6) is 5.75 Å². The summed E-state index contributed by atoms with van der Waals surface area (Å²) in [5, 5.41) is 0. The monoisotopic (exact) mass is 433 g/mol. The Balaban J connectivity index is 1.41. The number of piperazine rings is 1. The maximum Gasteiger partial charge on any atom is 0.230 e. The molecule has 9 heteroatoms. The molecule has 0 radical (unpaired) electrons. The Hall–Kier alpha value is -3.46. The highest BCUT2D eigenvalue weighted by Gasteiger charge is 2.23. The van der Waals surface area contributed by atoms with Crippen molar-refractivity contribution in [1.29, 1.82) is 0 Å². The Morgan fingerprint density at radius 2 is 1.41 bits per heavy atom. The zero-order valence-electron chi connectivity index (χ0n) is 18.2. The van der Waals surface area contributed by atoms with Crippen molar-refractivity contribution in [3.05, 3.63) is 48.7 Å². The second-order valence-corrected chi connectivity index (χ2v) is 7.75. The van der Waals surface area contributed by atoms with Crippen molar-refractivity contribution in [2.75, 3.05) is 74.3 Å². The van der Waals surface area contributed by atoms with E-state index in [2.05, 4.69) is 25.8 Å². The highest BCUT2D eigenvalue weighted by atomic mass is 16.5. The number of hydrogen-bond acceptors (Lipinski definition) is 9. The summed E-state index contributed by atoms with van der Waals surface area (Å²) in [5.74, 6) is 3.91. The van der Waals surface area contributed by atoms with Crippen molar-refractivity contribution in [2.24, 2.45) is 0 Å². The minimum Gasteiger partial charge on any atom is -0.497 e. The third-order valence-electron chi connectivity index (χ3n) is 5.79. The van der Waals surface area contributed by atoms with Crippen LogP contribution in [0.25, 0.3) is 11.4 Å². The molecule has 2 saturated heterocycles. The van der Waals surface area contributed by atoms with E-state index in [9.17, 15) is 0 Å². The van der Waals surface area contributed by atoms with Crippen LogP contribution in [-0.4, -0.2) is 79.5 Å². The summed E-state index contributed by atoms with van der Waals surface area (Å²) in [6.07, 6.45) is 1.84. The number of hydrogen-bond donors (Lipinski definition) is 0. The molecule has 0 spiro atoms. The molecule has 0 unspecified atom stereocenters. The van der Waals surface area contributed by atoms with Gasteiger partial charge in [0.25, 0.3) is 0 Å². The molecule has 2 aliphatic heterocycles. The van der Waals surface area contributed by atoms with Crippen LogP contribution in [0, 0.1) is 0 Å². The van der Waals surface area contributed by atoms with E-state index in [1.54, 1.807) is 7.11 Å². The van der Waals surface area contributed by atoms with Crippen LogP contribution in [0.2, 0.25) is 0 Å². The van der Waals surface area contributed by atoms with Crippen LogP contribution in [-0.2, 0) is 4.74 Å². The quantitative estimate of drug-likeness (QED) is 0.601. The smallest absolute Gasteiger partial charge is 0.230 e. The zero-order chi connectivity index (χ0) is 21.8. The standard InChI is InChI=1S/C23H27N7O2/c1-31-19-7-5-18(6-8-19)21-25-22(27-23(26-21)30-14-16-32-17-15-30)29-12-10-28(11-13-29)20-4-2-3-9-24-20/h2-9H,10-17H2,1H3. The number of morpholine rings is 1. The van der Waals surface area contributed by atoms with Gasteiger partial charge in [0.15, 0.2) is 5.82 Å². The fourth-order valence-electron chi connectivity index (χ4n) is 3.95. The third-order valence-corrected chi connectivity index (χ3v) is 5.79. The number of ether oxygens (including phenoxy) is 2. The van der Waals surface area contributed by atoms with E-state index in [1.807, 2.05) is 42.6 Å². The highest BCUT2D eigenvalue weighted by Crippen LogP contribution is 2.25. The lowest BCUT2D eigenvalue weighted by Crippen LogP contribution is -2.47. The first kappa shape index (κ1) is 20.4. The number of nitrogens with zero attached hydrogens (tertiary/aromatic N) is 7. The molecule has 0 aliphatic carbocycles. The maximum absolute atomic E-state index is 5.51. The maximum atomic E-state index is 5.51. The molecular weight excluding hydrogens is 406 g/mol. The number of anilines is 3. The second kappa shape index (κ2) is 9.35. The number of aromatic nitrogens is 4. The fraction of sp³-hybridized carbons (Fsp3) is 0.391. The summed E-state index contributed by atoms with van der Waals surface area (Å²) in [6, 6.07) is 13.9. The van der Waals surface area contributed by atoms with Crippen molar-refractivity contribution >= 4 is 17.7 Å². The lowest BCUT2D eigenvalue weighted by Gasteiger charge is -2.36. The molecule has 0 N–H and O–H groups in total. The van der Waals surface area contributed by atoms with E-state index in [0.717, 1.165) is 56.4 Å². The summed E-state index contributed by atoms with van der Waals surface area (Å²) < 4.78 is 10.8. The Morgan fingerprint density at radius 3 is 2.03 bits per heavy atom. The van der Waals surface area contributed by atoms with E-state index in [0.29, 0.717) is 30.9 Å². The average molecular weight is 434 g/mol. The molecule has 0 saturated carbocycles. The Labute approximate surface area is 187 Å². The van der Waals surface area contributed by atoms with E-state index in [1.165, 1.54) is 0 Å². The summed E-state index contributed by atoms with van der Waals surface area (Å²) >= 11 is 0. The normalized spacial score (nSPS) is 16.8. The molecule has 0 bridgehead atoms. The lowest BCUT2D eigenvalue weighted by molar-refractivity contribution is 0.122. The van der Waals surface area contributed by atoms with Gasteiger partial charge in [-0.05, 0) is 36.4 Å². The van der Waals surface area contributed by atoms with Gasteiger partial charge in [0.2, 0.25) is 11.9 Å². The lowest BCUT2D eigenvalue weighted by atomic mass is 10.2. The minimum atomic E-state index is 0.673. The predicted molar refractivity (Wildman–Crippen MR) is 124 cm³/mol. The van der Waals surface area contributed by atoms with Crippen LogP contribution in [0.1, 0.15) is 0 Å². The molecule has 4 heterocycles. The van der Waals surface area contributed by atoms with Crippen LogP contribution in [0.15, 0.2) is 48.7 Å². The van der Waals surface area contributed by atoms with Crippen LogP contribution < -0.4 is 19.4 Å². The minimum absolute atomic E-state index is 0.673. The number of benzene rings is 1. The third kappa shape index (κ3) is 4.43. The molecule has 2 aromatic heterocycles. The van der Waals surface area contributed by atoms with Crippen molar-refractivity contribution in [3.63, 3.8) is 0 Å². The summed E-state index contributed by atoms with van der Waals surface area (Å²) in [5.41, 5.74) is 0.941. The van der Waals surface area contributed by atoms with E-state index in [4.69, 9.17) is 24.4 Å². The first-order chi connectivity index (χ1) is 15.8. The molecule has 0 amide bonds. The number of rotatable bonds is 5. The van der Waals surface area contributed by atoms with Crippen molar-refractivity contribution in [1.82, 2.24) is 19.9 Å². The SMILES string of the molecule is COc1ccc(-c2nc(N3CCOCC3)nc(N3CCN(c4ccccn4)CC3)n2)cc1. The van der Waals surface area contributed by atoms with E-state index >= 15 is 0 Å². The second-order valence-electron chi connectivity index (χ2n) is 7.75. The first-order valence-corrected chi connectivity index (χ1v) is 10.9. The van der Waals surface area contributed by atoms with Gasteiger partial charge >= 0.3 is 0 Å². The number of methoxy groups -OCH3 is 1. The van der Waals surface area contributed by atoms with Crippen molar-refractivity contribution in [2.45, 2.75) is 0 Å². The van der Waals surface area contributed by atoms with Gasteiger partial charge in [0.1, 0.15) is 11.6 Å². The van der Waals surface area contributed by atoms with Gasteiger partial charge < -0.3 is 24.2 Å². The van der Waals surface area contributed by atoms with E-state index in [-0.39, 0.29) is 0 Å². The molecule has 5 rings (SSSR count). The molecule has 166 valence electrons. The van der Waals surface area contributed by atoms with Gasteiger partial charge in [-0.15, -0.1) is 0 Å². The largest absolute Gasteiger partial charge is 0.497 e. The van der Waals surface area contributed by atoms with Gasteiger partial charge in [0, 0.05) is 51.0 Å². The first-order valence-electron chi connectivity index (χ1n) is 10.9. The Kier molecular flexibility index (Phi) is 5.98. The summed E-state index contributed by atoms with van der Waals surface area (Å²) in [7, 11) is 1.66. The number of pyridine rings is 1. The molecule has 2 aliphatic rings. The van der Waals surface area contributed by atoms with Gasteiger partial charge in [-0.1, -0.05) is 6.07 Å². The zero-order valence-corrected chi connectivity index (χ0v) is 18.2. The Morgan fingerprint density at radius 1 is 0.750 bits per heavy atom. The fourth-order valence-corrected chi connectivity index (χ4v) is 3.95. The topological polar surface area (TPSA) is 79.7 Å². The molecule has 0 atom stereocenters. The van der Waals surface area contributed by atoms with Gasteiger partial charge in [-0.25, -0.2) is 4.98 Å². The summed E-state index contributed by atoms with van der Waals surface area (Å²) in [4.78, 5) is 25.7. The highest BCUT2D eigenvalue weighted by molar-refractivity contribution is 5.60. The molecule has 32 heavy (non-hydrogen) atoms. The van der Waals surface area contributed by atoms with Crippen LogP contribution in [0.4, 0.5) is 17.7 Å². The van der Waals surface area contributed by atoms with Gasteiger partial charge in [-0.3, -0.25) is 0 Å². The summed E-state index contributed by atoms with van der Waals surface area (Å²) in [6.45, 7) is 6.30. The Bertz CT molecular complexity index is 1020. The molecule has 2 fully saturated rings.